The number of hydrogen-bond acceptors (Lipinski definition) is 5. The molecular formula is C15H23N3O4S. The fraction of sp³-hybridized carbons (Fsp3) is 0.533. The summed E-state index contributed by atoms with van der Waals surface area (Å²) in [5.74, 6) is 0.0316. The van der Waals surface area contributed by atoms with E-state index in [4.69, 9.17) is 4.74 Å². The Morgan fingerprint density at radius 3 is 2.83 bits per heavy atom. The molecule has 0 saturated carbocycles. The highest BCUT2D eigenvalue weighted by Crippen LogP contribution is 2.32. The first-order chi connectivity index (χ1) is 10.8. The van der Waals surface area contributed by atoms with Crippen LogP contribution in [0.1, 0.15) is 12.5 Å². The number of benzene rings is 1. The van der Waals surface area contributed by atoms with Crippen LogP contribution in [0.2, 0.25) is 0 Å². The summed E-state index contributed by atoms with van der Waals surface area (Å²) in [5, 5.41) is 2.70. The number of rotatable bonds is 7. The number of sulfonamides is 1. The second-order valence-electron chi connectivity index (χ2n) is 5.78. The van der Waals surface area contributed by atoms with Crippen molar-refractivity contribution in [2.24, 2.45) is 0 Å². The van der Waals surface area contributed by atoms with Crippen molar-refractivity contribution in [3.8, 4) is 5.75 Å². The number of fused-ring (bicyclic) bond motifs is 1. The van der Waals surface area contributed by atoms with E-state index in [1.54, 1.807) is 6.07 Å². The van der Waals surface area contributed by atoms with Crippen molar-refractivity contribution in [2.45, 2.75) is 24.3 Å². The number of carbonyl (C=O) groups is 1. The van der Waals surface area contributed by atoms with Crippen LogP contribution >= 0.6 is 0 Å². The molecule has 0 fully saturated rings. The van der Waals surface area contributed by atoms with Crippen LogP contribution in [0.3, 0.4) is 0 Å². The molecule has 7 nitrogen and oxygen atoms in total. The van der Waals surface area contributed by atoms with Crippen LogP contribution in [-0.2, 0) is 21.2 Å². The maximum atomic E-state index is 12.5. The van der Waals surface area contributed by atoms with E-state index in [1.165, 1.54) is 13.0 Å². The Balaban J connectivity index is 2.04. The zero-order chi connectivity index (χ0) is 17.0. The molecule has 1 unspecified atom stereocenters. The molecule has 0 bridgehead atoms. The molecule has 1 aromatic carbocycles. The Morgan fingerprint density at radius 2 is 2.13 bits per heavy atom. The van der Waals surface area contributed by atoms with Crippen LogP contribution in [0, 0.1) is 0 Å². The third kappa shape index (κ3) is 4.43. The summed E-state index contributed by atoms with van der Waals surface area (Å²) in [6, 6.07) is 4.16. The molecule has 128 valence electrons. The fourth-order valence-corrected chi connectivity index (χ4v) is 3.69. The standard InChI is InChI=1S/C15H23N3O4S/c1-11(15(19)16-8-9-18(2)3)17-23(20,21)13-6-4-5-12-7-10-22-14(12)13/h4-6,11,17H,7-10H2,1-3H3,(H,16,19). The summed E-state index contributed by atoms with van der Waals surface area (Å²) in [4.78, 5) is 14.0. The zero-order valence-corrected chi connectivity index (χ0v) is 14.4. The maximum Gasteiger partial charge on any atom is 0.244 e. The monoisotopic (exact) mass is 341 g/mol. The molecule has 1 heterocycles. The van der Waals surface area contributed by atoms with E-state index in [1.807, 2.05) is 25.1 Å². The van der Waals surface area contributed by atoms with Crippen LogP contribution in [0.15, 0.2) is 23.1 Å². The van der Waals surface area contributed by atoms with Gasteiger partial charge in [-0.25, -0.2) is 8.42 Å². The van der Waals surface area contributed by atoms with Gasteiger partial charge in [-0.2, -0.15) is 4.72 Å². The van der Waals surface area contributed by atoms with Gasteiger partial charge in [0.15, 0.2) is 0 Å². The third-order valence-electron chi connectivity index (χ3n) is 3.55. The zero-order valence-electron chi connectivity index (χ0n) is 13.6. The van der Waals surface area contributed by atoms with Gasteiger partial charge in [-0.3, -0.25) is 4.79 Å². The Bertz CT molecular complexity index is 673. The minimum Gasteiger partial charge on any atom is -0.492 e. The van der Waals surface area contributed by atoms with Crippen molar-refractivity contribution in [1.29, 1.82) is 0 Å². The minimum absolute atomic E-state index is 0.0837. The lowest BCUT2D eigenvalue weighted by atomic mass is 10.2. The smallest absolute Gasteiger partial charge is 0.244 e. The predicted octanol–water partition coefficient (Wildman–Crippen LogP) is -0.0339. The first-order valence-electron chi connectivity index (χ1n) is 7.50. The average molecular weight is 341 g/mol. The van der Waals surface area contributed by atoms with Crippen molar-refractivity contribution in [3.63, 3.8) is 0 Å². The van der Waals surface area contributed by atoms with Crippen LogP contribution in [-0.4, -0.2) is 59.1 Å². The summed E-state index contributed by atoms with van der Waals surface area (Å²) in [7, 11) is -0.0232. The van der Waals surface area contributed by atoms with Crippen LogP contribution in [0.5, 0.6) is 5.75 Å². The van der Waals surface area contributed by atoms with Gasteiger partial charge in [0.05, 0.1) is 12.6 Å². The number of amides is 1. The number of likely N-dealkylation sites (N-methyl/N-ethyl adjacent to an activating group) is 1. The van der Waals surface area contributed by atoms with Crippen LogP contribution < -0.4 is 14.8 Å². The molecule has 1 amide bonds. The van der Waals surface area contributed by atoms with E-state index >= 15 is 0 Å². The molecule has 0 saturated heterocycles. The lowest BCUT2D eigenvalue weighted by Gasteiger charge is -2.16. The highest BCUT2D eigenvalue weighted by Gasteiger charge is 2.28. The van der Waals surface area contributed by atoms with Crippen molar-refractivity contribution in [1.82, 2.24) is 14.9 Å². The van der Waals surface area contributed by atoms with Gasteiger partial charge in [0, 0.05) is 19.5 Å². The van der Waals surface area contributed by atoms with Gasteiger partial charge in [0.2, 0.25) is 15.9 Å². The lowest BCUT2D eigenvalue weighted by Crippen LogP contribution is -2.46. The average Bonchev–Trinajstić information content (AvgIpc) is 2.94. The van der Waals surface area contributed by atoms with E-state index in [2.05, 4.69) is 10.0 Å². The molecule has 8 heteroatoms. The molecule has 1 aliphatic heterocycles. The number of nitrogens with one attached hydrogen (secondary N) is 2. The van der Waals surface area contributed by atoms with Crippen LogP contribution in [0.25, 0.3) is 0 Å². The Labute approximate surface area is 137 Å². The van der Waals surface area contributed by atoms with Gasteiger partial charge in [-0.05, 0) is 32.6 Å². The Morgan fingerprint density at radius 1 is 1.39 bits per heavy atom. The minimum atomic E-state index is -3.82. The second-order valence-corrected chi connectivity index (χ2v) is 7.46. The van der Waals surface area contributed by atoms with Crippen LogP contribution in [0.4, 0.5) is 0 Å². The van der Waals surface area contributed by atoms with E-state index < -0.39 is 16.1 Å². The van der Waals surface area contributed by atoms with Gasteiger partial charge in [0.1, 0.15) is 10.6 Å². The SMILES string of the molecule is CC(NS(=O)(=O)c1cccc2c1OCC2)C(=O)NCCN(C)C. The highest BCUT2D eigenvalue weighted by atomic mass is 32.2. The molecule has 1 atom stereocenters. The third-order valence-corrected chi connectivity index (χ3v) is 5.12. The maximum absolute atomic E-state index is 12.5. The molecular weight excluding hydrogens is 318 g/mol. The number of ether oxygens (including phenoxy) is 1. The number of nitrogens with zero attached hydrogens (tertiary/aromatic N) is 1. The fourth-order valence-electron chi connectivity index (χ4n) is 2.30. The van der Waals surface area contributed by atoms with E-state index in [0.717, 1.165) is 5.56 Å². The number of para-hydroxylation sites is 1. The molecule has 1 aromatic rings. The second kappa shape index (κ2) is 7.29. The summed E-state index contributed by atoms with van der Waals surface area (Å²) in [5.41, 5.74) is 0.871. The molecule has 0 radical (unpaired) electrons. The van der Waals surface area contributed by atoms with Gasteiger partial charge < -0.3 is 15.0 Å². The van der Waals surface area contributed by atoms with Crippen molar-refractivity contribution in [2.75, 3.05) is 33.8 Å². The van der Waals surface area contributed by atoms with E-state index in [9.17, 15) is 13.2 Å². The number of hydrogen-bond donors (Lipinski definition) is 2. The Kier molecular flexibility index (Phi) is 5.61. The van der Waals surface area contributed by atoms with Gasteiger partial charge in [0.25, 0.3) is 0 Å². The predicted molar refractivity (Wildman–Crippen MR) is 87.0 cm³/mol. The Hall–Kier alpha value is -1.64. The van der Waals surface area contributed by atoms with Gasteiger partial charge in [-0.15, -0.1) is 0 Å². The lowest BCUT2D eigenvalue weighted by molar-refractivity contribution is -0.122. The first kappa shape index (κ1) is 17.7. The largest absolute Gasteiger partial charge is 0.492 e. The van der Waals surface area contributed by atoms with Crippen molar-refractivity contribution in [3.05, 3.63) is 23.8 Å². The van der Waals surface area contributed by atoms with E-state index in [0.29, 0.717) is 31.9 Å². The molecule has 1 aliphatic rings. The molecule has 2 N–H and O–H groups in total. The molecule has 23 heavy (non-hydrogen) atoms. The highest BCUT2D eigenvalue weighted by molar-refractivity contribution is 7.89. The first-order valence-corrected chi connectivity index (χ1v) is 8.99. The van der Waals surface area contributed by atoms with Gasteiger partial charge >= 0.3 is 0 Å². The number of carbonyl (C=O) groups excluding carboxylic acids is 1. The normalized spacial score (nSPS) is 15.1. The van der Waals surface area contributed by atoms with Crippen molar-refractivity contribution >= 4 is 15.9 Å². The van der Waals surface area contributed by atoms with Crippen molar-refractivity contribution < 1.29 is 17.9 Å². The van der Waals surface area contributed by atoms with E-state index in [-0.39, 0.29) is 10.8 Å². The topological polar surface area (TPSA) is 87.7 Å². The summed E-state index contributed by atoms with van der Waals surface area (Å²) < 4.78 is 32.8. The molecule has 2 rings (SSSR count). The molecule has 0 aromatic heterocycles. The quantitative estimate of drug-likeness (QED) is 0.727. The molecule has 0 spiro atoms. The molecule has 0 aliphatic carbocycles. The summed E-state index contributed by atoms with van der Waals surface area (Å²) >= 11 is 0. The van der Waals surface area contributed by atoms with Gasteiger partial charge in [-0.1, -0.05) is 12.1 Å². The summed E-state index contributed by atoms with van der Waals surface area (Å²) in [6.07, 6.45) is 0.694. The summed E-state index contributed by atoms with van der Waals surface area (Å²) in [6.45, 7) is 3.14.